The van der Waals surface area contributed by atoms with Crippen molar-refractivity contribution in [3.05, 3.63) is 23.8 Å². The molecule has 0 aliphatic carbocycles. The number of nitrogen functional groups attached to an aromatic ring is 1. The van der Waals surface area contributed by atoms with Gasteiger partial charge in [-0.15, -0.1) is 0 Å². The third kappa shape index (κ3) is 4.34. The number of esters is 1. The Hall–Kier alpha value is -1.71. The van der Waals surface area contributed by atoms with Gasteiger partial charge in [-0.2, -0.15) is 0 Å². The predicted octanol–water partition coefficient (Wildman–Crippen LogP) is 2.57. The second-order valence-electron chi connectivity index (χ2n) is 5.22. The zero-order valence-corrected chi connectivity index (χ0v) is 10.5. The number of hydrogen-bond acceptors (Lipinski definition) is 4. The molecule has 0 fully saturated rings. The van der Waals surface area contributed by atoms with Crippen molar-refractivity contribution in [2.75, 3.05) is 12.3 Å². The molecule has 0 aliphatic heterocycles. The molecule has 1 rings (SSSR count). The molecule has 4 nitrogen and oxygen atoms in total. The number of hydrogen-bond donors (Lipinski definition) is 2. The van der Waals surface area contributed by atoms with E-state index in [4.69, 9.17) is 10.5 Å². The SMILES string of the molecule is CC(C)(C)CCOC(=O)c1cc(O)ccc1N. The summed E-state index contributed by atoms with van der Waals surface area (Å²) >= 11 is 0. The minimum atomic E-state index is -0.498. The van der Waals surface area contributed by atoms with E-state index in [1.807, 2.05) is 0 Å². The molecule has 17 heavy (non-hydrogen) atoms. The molecule has 1 aromatic rings. The number of carbonyl (C=O) groups excluding carboxylic acids is 1. The minimum absolute atomic E-state index is 0.00183. The Morgan fingerprint density at radius 3 is 2.65 bits per heavy atom. The lowest BCUT2D eigenvalue weighted by atomic mass is 9.93. The molecule has 0 aliphatic rings. The fourth-order valence-electron chi connectivity index (χ4n) is 1.25. The maximum Gasteiger partial charge on any atom is 0.340 e. The van der Waals surface area contributed by atoms with Crippen LogP contribution in [-0.4, -0.2) is 17.7 Å². The Bertz CT molecular complexity index is 408. The smallest absolute Gasteiger partial charge is 0.340 e. The van der Waals surface area contributed by atoms with Crippen LogP contribution < -0.4 is 5.73 Å². The summed E-state index contributed by atoms with van der Waals surface area (Å²) in [6, 6.07) is 4.23. The van der Waals surface area contributed by atoms with Crippen molar-refractivity contribution in [1.29, 1.82) is 0 Å². The lowest BCUT2D eigenvalue weighted by molar-refractivity contribution is 0.0465. The molecule has 0 radical (unpaired) electrons. The van der Waals surface area contributed by atoms with Gasteiger partial charge in [0.25, 0.3) is 0 Å². The predicted molar refractivity (Wildman–Crippen MR) is 66.9 cm³/mol. The van der Waals surface area contributed by atoms with Gasteiger partial charge in [-0.05, 0) is 30.0 Å². The Balaban J connectivity index is 2.61. The van der Waals surface area contributed by atoms with Crippen LogP contribution in [0.2, 0.25) is 0 Å². The highest BCUT2D eigenvalue weighted by atomic mass is 16.5. The van der Waals surface area contributed by atoms with Gasteiger partial charge >= 0.3 is 5.97 Å². The van der Waals surface area contributed by atoms with E-state index in [0.717, 1.165) is 6.42 Å². The van der Waals surface area contributed by atoms with Crippen LogP contribution in [0.4, 0.5) is 5.69 Å². The van der Waals surface area contributed by atoms with E-state index in [2.05, 4.69) is 20.8 Å². The van der Waals surface area contributed by atoms with Crippen molar-refractivity contribution in [3.8, 4) is 5.75 Å². The van der Waals surface area contributed by atoms with Crippen LogP contribution >= 0.6 is 0 Å². The van der Waals surface area contributed by atoms with Crippen LogP contribution in [0.5, 0.6) is 5.75 Å². The molecule has 0 heterocycles. The van der Waals surface area contributed by atoms with Crippen molar-refractivity contribution < 1.29 is 14.6 Å². The number of phenolic OH excluding ortho intramolecular Hbond substituents is 1. The molecule has 1 aromatic carbocycles. The van der Waals surface area contributed by atoms with E-state index in [9.17, 15) is 9.90 Å². The van der Waals surface area contributed by atoms with Crippen LogP contribution in [0.15, 0.2) is 18.2 Å². The van der Waals surface area contributed by atoms with Gasteiger partial charge in [-0.3, -0.25) is 0 Å². The highest BCUT2D eigenvalue weighted by molar-refractivity contribution is 5.95. The van der Waals surface area contributed by atoms with Crippen molar-refractivity contribution in [3.63, 3.8) is 0 Å². The van der Waals surface area contributed by atoms with E-state index in [-0.39, 0.29) is 16.7 Å². The summed E-state index contributed by atoms with van der Waals surface area (Å²) in [6.45, 7) is 6.56. The molecular weight excluding hydrogens is 218 g/mol. The molecule has 0 atom stereocenters. The first-order chi connectivity index (χ1) is 7.79. The first-order valence-electron chi connectivity index (χ1n) is 5.55. The first-order valence-corrected chi connectivity index (χ1v) is 5.55. The van der Waals surface area contributed by atoms with Crippen molar-refractivity contribution in [2.24, 2.45) is 5.41 Å². The van der Waals surface area contributed by atoms with Crippen LogP contribution in [-0.2, 0) is 4.74 Å². The maximum absolute atomic E-state index is 11.7. The highest BCUT2D eigenvalue weighted by Crippen LogP contribution is 2.21. The first kappa shape index (κ1) is 13.4. The van der Waals surface area contributed by atoms with Crippen LogP contribution in [0, 0.1) is 5.41 Å². The number of ether oxygens (including phenoxy) is 1. The van der Waals surface area contributed by atoms with Gasteiger partial charge in [-0.25, -0.2) is 4.79 Å². The molecule has 94 valence electrons. The van der Waals surface area contributed by atoms with E-state index in [1.54, 1.807) is 0 Å². The largest absolute Gasteiger partial charge is 0.508 e. The average molecular weight is 237 g/mol. The summed E-state index contributed by atoms with van der Waals surface area (Å²) in [4.78, 5) is 11.7. The van der Waals surface area contributed by atoms with E-state index < -0.39 is 5.97 Å². The van der Waals surface area contributed by atoms with Crippen molar-refractivity contribution in [2.45, 2.75) is 27.2 Å². The maximum atomic E-state index is 11.7. The third-order valence-electron chi connectivity index (χ3n) is 2.34. The zero-order valence-electron chi connectivity index (χ0n) is 10.5. The summed E-state index contributed by atoms with van der Waals surface area (Å²) < 4.78 is 5.11. The molecular formula is C13H19NO3. The molecule has 0 spiro atoms. The fourth-order valence-corrected chi connectivity index (χ4v) is 1.25. The van der Waals surface area contributed by atoms with Crippen LogP contribution in [0.3, 0.4) is 0 Å². The number of rotatable bonds is 3. The summed E-state index contributed by atoms with van der Waals surface area (Å²) in [5, 5.41) is 9.28. The number of anilines is 1. The molecule has 0 saturated heterocycles. The topological polar surface area (TPSA) is 72.5 Å². The van der Waals surface area contributed by atoms with Gasteiger partial charge in [0.15, 0.2) is 0 Å². The van der Waals surface area contributed by atoms with Crippen molar-refractivity contribution in [1.82, 2.24) is 0 Å². The van der Waals surface area contributed by atoms with E-state index in [0.29, 0.717) is 12.3 Å². The van der Waals surface area contributed by atoms with Crippen molar-refractivity contribution >= 4 is 11.7 Å². The molecule has 0 unspecified atom stereocenters. The lowest BCUT2D eigenvalue weighted by Gasteiger charge is -2.17. The number of carbonyl (C=O) groups is 1. The summed E-state index contributed by atoms with van der Waals surface area (Å²) in [6.07, 6.45) is 0.775. The highest BCUT2D eigenvalue weighted by Gasteiger charge is 2.15. The number of nitrogens with two attached hydrogens (primary N) is 1. The third-order valence-corrected chi connectivity index (χ3v) is 2.34. The molecule has 4 heteroatoms. The Morgan fingerprint density at radius 2 is 2.06 bits per heavy atom. The van der Waals surface area contributed by atoms with Crippen LogP contribution in [0.1, 0.15) is 37.6 Å². The summed E-state index contributed by atoms with van der Waals surface area (Å²) in [7, 11) is 0. The molecule has 0 aromatic heterocycles. The second-order valence-corrected chi connectivity index (χ2v) is 5.22. The zero-order chi connectivity index (χ0) is 13.1. The number of benzene rings is 1. The molecule has 0 saturated carbocycles. The molecule has 0 amide bonds. The second kappa shape index (κ2) is 5.08. The summed E-state index contributed by atoms with van der Waals surface area (Å²) in [5.74, 6) is -0.496. The van der Waals surface area contributed by atoms with Gasteiger partial charge < -0.3 is 15.6 Å². The number of aromatic hydroxyl groups is 1. The van der Waals surface area contributed by atoms with E-state index in [1.165, 1.54) is 18.2 Å². The van der Waals surface area contributed by atoms with Gasteiger partial charge in [0.1, 0.15) is 5.75 Å². The lowest BCUT2D eigenvalue weighted by Crippen LogP contribution is -2.14. The van der Waals surface area contributed by atoms with E-state index >= 15 is 0 Å². The Labute approximate surface area is 101 Å². The van der Waals surface area contributed by atoms with Gasteiger partial charge in [0.05, 0.1) is 12.2 Å². The van der Waals surface area contributed by atoms with Gasteiger partial charge in [-0.1, -0.05) is 20.8 Å². The monoisotopic (exact) mass is 237 g/mol. The molecule has 3 N–H and O–H groups in total. The average Bonchev–Trinajstić information content (AvgIpc) is 2.19. The number of phenols is 1. The van der Waals surface area contributed by atoms with Gasteiger partial charge in [0, 0.05) is 5.69 Å². The standard InChI is InChI=1S/C13H19NO3/c1-13(2,3)6-7-17-12(16)10-8-9(15)4-5-11(10)14/h4-5,8,15H,6-7,14H2,1-3H3. The van der Waals surface area contributed by atoms with Gasteiger partial charge in [0.2, 0.25) is 0 Å². The van der Waals surface area contributed by atoms with Crippen LogP contribution in [0.25, 0.3) is 0 Å². The quantitative estimate of drug-likeness (QED) is 0.481. The minimum Gasteiger partial charge on any atom is -0.508 e. The fraction of sp³-hybridized carbons (Fsp3) is 0.462. The summed E-state index contributed by atoms with van der Waals surface area (Å²) in [5.41, 5.74) is 6.27. The Morgan fingerprint density at radius 1 is 1.41 bits per heavy atom. The molecule has 0 bridgehead atoms. The Kier molecular flexibility index (Phi) is 3.99. The normalized spacial score (nSPS) is 11.2.